The van der Waals surface area contributed by atoms with E-state index >= 15 is 0 Å². The monoisotopic (exact) mass is 498 g/mol. The first-order chi connectivity index (χ1) is 17.0. The highest BCUT2D eigenvalue weighted by molar-refractivity contribution is 6.07. The molecular formula is C26H29F3N6O. The van der Waals surface area contributed by atoms with Gasteiger partial charge in [-0.2, -0.15) is 13.2 Å². The Morgan fingerprint density at radius 3 is 2.69 bits per heavy atom. The smallest absolute Gasteiger partial charge is 0.398 e. The van der Waals surface area contributed by atoms with E-state index in [9.17, 15) is 18.3 Å². The summed E-state index contributed by atoms with van der Waals surface area (Å²) in [5.41, 5.74) is 8.24. The second kappa shape index (κ2) is 9.87. The van der Waals surface area contributed by atoms with Gasteiger partial charge in [0.1, 0.15) is 0 Å². The number of pyridine rings is 2. The predicted molar refractivity (Wildman–Crippen MR) is 136 cm³/mol. The lowest BCUT2D eigenvalue weighted by Crippen LogP contribution is -2.25. The van der Waals surface area contributed by atoms with Gasteiger partial charge in [0.2, 0.25) is 0 Å². The summed E-state index contributed by atoms with van der Waals surface area (Å²) in [6.45, 7) is 5.51. The van der Waals surface area contributed by atoms with Crippen molar-refractivity contribution in [2.24, 2.45) is 0 Å². The Balaban J connectivity index is 1.87. The quantitative estimate of drug-likeness (QED) is 0.291. The molecule has 0 saturated heterocycles. The van der Waals surface area contributed by atoms with Gasteiger partial charge < -0.3 is 26.5 Å². The van der Waals surface area contributed by atoms with Crippen molar-refractivity contribution in [3.05, 3.63) is 58.9 Å². The van der Waals surface area contributed by atoms with E-state index < -0.39 is 17.8 Å². The summed E-state index contributed by atoms with van der Waals surface area (Å²) in [7, 11) is 3.93. The van der Waals surface area contributed by atoms with Crippen molar-refractivity contribution in [3.8, 4) is 11.3 Å². The molecule has 0 bridgehead atoms. The molecule has 0 fully saturated rings. The second-order valence-corrected chi connectivity index (χ2v) is 9.25. The number of halogens is 3. The molecular weight excluding hydrogens is 469 g/mol. The number of aliphatic hydroxyl groups is 1. The Morgan fingerprint density at radius 2 is 2.08 bits per heavy atom. The van der Waals surface area contributed by atoms with Crippen LogP contribution in [0, 0.1) is 5.41 Å². The molecule has 2 aromatic heterocycles. The third-order valence-corrected chi connectivity index (χ3v) is 6.41. The molecule has 7 nitrogen and oxygen atoms in total. The Bertz CT molecular complexity index is 1320. The minimum atomic E-state index is -4.68. The van der Waals surface area contributed by atoms with Crippen LogP contribution in [0.4, 0.5) is 18.9 Å². The Labute approximate surface area is 207 Å². The fourth-order valence-electron chi connectivity index (χ4n) is 4.59. The average Bonchev–Trinajstić information content (AvgIpc) is 2.82. The number of anilines is 1. The van der Waals surface area contributed by atoms with Gasteiger partial charge in [-0.05, 0) is 56.3 Å². The first kappa shape index (κ1) is 25.6. The lowest BCUT2D eigenvalue weighted by Gasteiger charge is -2.27. The van der Waals surface area contributed by atoms with Gasteiger partial charge in [0.05, 0.1) is 34.3 Å². The van der Waals surface area contributed by atoms with E-state index in [2.05, 4.69) is 21.9 Å². The van der Waals surface area contributed by atoms with Crippen LogP contribution in [0.25, 0.3) is 27.9 Å². The molecule has 5 N–H and O–H groups in total. The van der Waals surface area contributed by atoms with Crippen LogP contribution in [0.15, 0.2) is 31.0 Å². The number of rotatable bonds is 7. The van der Waals surface area contributed by atoms with Gasteiger partial charge in [-0.3, -0.25) is 4.98 Å². The van der Waals surface area contributed by atoms with E-state index in [1.54, 1.807) is 18.3 Å². The highest BCUT2D eigenvalue weighted by atomic mass is 19.4. The summed E-state index contributed by atoms with van der Waals surface area (Å²) in [6.07, 6.45) is -1.81. The number of nitrogens with one attached hydrogen (secondary N) is 2. The van der Waals surface area contributed by atoms with E-state index in [1.807, 2.05) is 19.0 Å². The highest BCUT2D eigenvalue weighted by Gasteiger charge is 2.36. The minimum Gasteiger partial charge on any atom is -0.398 e. The van der Waals surface area contributed by atoms with Crippen LogP contribution in [0.1, 0.15) is 34.4 Å². The van der Waals surface area contributed by atoms with E-state index in [0.717, 1.165) is 18.8 Å². The number of hydrogen-bond donors (Lipinski definition) is 4. The van der Waals surface area contributed by atoms with Gasteiger partial charge in [0.15, 0.2) is 0 Å². The van der Waals surface area contributed by atoms with Crippen molar-refractivity contribution >= 4 is 28.5 Å². The van der Waals surface area contributed by atoms with E-state index in [4.69, 9.17) is 11.1 Å². The van der Waals surface area contributed by atoms with Crippen LogP contribution < -0.4 is 11.1 Å². The molecule has 2 heterocycles. The summed E-state index contributed by atoms with van der Waals surface area (Å²) < 4.78 is 42.1. The topological polar surface area (TPSA) is 111 Å². The number of fused-ring (bicyclic) bond motifs is 3. The zero-order chi connectivity index (χ0) is 26.2. The molecule has 1 atom stereocenters. The highest BCUT2D eigenvalue weighted by Crippen LogP contribution is 2.43. The standard InChI is InChI=1S/C26H29F3N6O/c1-14(32-8-9-35(2)3)22-7-4-15(13-33-22)24-18-10-16(36)5-6-17(18)23-19(12-30)21(31)11-20(25(23)34-24)26(27,28)29/h4,7,11-13,16,30,32,36H,1,5-6,8-10,31H2,2-3H3. The van der Waals surface area contributed by atoms with Gasteiger partial charge in [-0.15, -0.1) is 0 Å². The normalized spacial score (nSPS) is 15.7. The van der Waals surface area contributed by atoms with E-state index in [0.29, 0.717) is 53.2 Å². The minimum absolute atomic E-state index is 0.126. The van der Waals surface area contributed by atoms with Crippen molar-refractivity contribution in [3.63, 3.8) is 0 Å². The molecule has 3 aromatic rings. The average molecular weight is 499 g/mol. The zero-order valence-electron chi connectivity index (χ0n) is 20.2. The molecule has 0 saturated carbocycles. The number of likely N-dealkylation sites (N-methyl/N-ethyl adjacent to an activating group) is 1. The third kappa shape index (κ3) is 4.91. The van der Waals surface area contributed by atoms with Crippen molar-refractivity contribution in [2.45, 2.75) is 31.5 Å². The molecule has 190 valence electrons. The molecule has 0 amide bonds. The molecule has 1 aliphatic rings. The molecule has 1 aliphatic carbocycles. The number of aryl methyl sites for hydroxylation is 1. The largest absolute Gasteiger partial charge is 0.418 e. The number of hydrogen-bond acceptors (Lipinski definition) is 7. The summed E-state index contributed by atoms with van der Waals surface area (Å²) in [5, 5.41) is 21.6. The summed E-state index contributed by atoms with van der Waals surface area (Å²) in [4.78, 5) is 11.0. The lowest BCUT2D eigenvalue weighted by molar-refractivity contribution is -0.136. The maximum Gasteiger partial charge on any atom is 0.418 e. The molecule has 0 spiro atoms. The fraction of sp³-hybridized carbons (Fsp3) is 0.346. The summed E-state index contributed by atoms with van der Waals surface area (Å²) in [6, 6.07) is 4.33. The molecule has 0 aliphatic heterocycles. The maximum absolute atomic E-state index is 14.0. The van der Waals surface area contributed by atoms with Crippen LogP contribution >= 0.6 is 0 Å². The number of aromatic nitrogens is 2. The van der Waals surface area contributed by atoms with Crippen molar-refractivity contribution < 1.29 is 18.3 Å². The van der Waals surface area contributed by atoms with Gasteiger partial charge in [-0.25, -0.2) is 4.98 Å². The van der Waals surface area contributed by atoms with Crippen LogP contribution in [0.2, 0.25) is 0 Å². The fourth-order valence-corrected chi connectivity index (χ4v) is 4.59. The Kier molecular flexibility index (Phi) is 7.01. The molecule has 1 unspecified atom stereocenters. The molecule has 36 heavy (non-hydrogen) atoms. The van der Waals surface area contributed by atoms with E-state index in [-0.39, 0.29) is 28.6 Å². The number of nitrogen functional groups attached to an aromatic ring is 1. The van der Waals surface area contributed by atoms with Crippen LogP contribution in [-0.2, 0) is 19.0 Å². The van der Waals surface area contributed by atoms with Gasteiger partial charge in [-0.1, -0.05) is 6.58 Å². The van der Waals surface area contributed by atoms with Crippen molar-refractivity contribution in [2.75, 3.05) is 32.9 Å². The summed E-state index contributed by atoms with van der Waals surface area (Å²) in [5.74, 6) is 0. The van der Waals surface area contributed by atoms with Crippen LogP contribution in [0.3, 0.4) is 0 Å². The van der Waals surface area contributed by atoms with Gasteiger partial charge >= 0.3 is 6.18 Å². The van der Waals surface area contributed by atoms with Gasteiger partial charge in [0, 0.05) is 54.1 Å². The Morgan fingerprint density at radius 1 is 1.33 bits per heavy atom. The second-order valence-electron chi connectivity index (χ2n) is 9.25. The van der Waals surface area contributed by atoms with Gasteiger partial charge in [0.25, 0.3) is 0 Å². The molecule has 4 rings (SSSR count). The number of nitrogens with two attached hydrogens (primary N) is 1. The van der Waals surface area contributed by atoms with Crippen LogP contribution in [-0.4, -0.2) is 59.5 Å². The number of benzene rings is 1. The number of aliphatic hydroxyl groups excluding tert-OH is 1. The third-order valence-electron chi connectivity index (χ3n) is 6.41. The molecule has 10 heteroatoms. The Hall–Kier alpha value is -3.50. The zero-order valence-corrected chi connectivity index (χ0v) is 20.2. The predicted octanol–water partition coefficient (Wildman–Crippen LogP) is 3.87. The number of alkyl halides is 3. The molecule has 1 aromatic carbocycles. The van der Waals surface area contributed by atoms with Crippen molar-refractivity contribution in [1.82, 2.24) is 20.2 Å². The summed E-state index contributed by atoms with van der Waals surface area (Å²) >= 11 is 0. The number of nitrogens with zero attached hydrogens (tertiary/aromatic N) is 3. The van der Waals surface area contributed by atoms with Crippen LogP contribution in [0.5, 0.6) is 0 Å². The first-order valence-corrected chi connectivity index (χ1v) is 11.6. The maximum atomic E-state index is 14.0. The van der Waals surface area contributed by atoms with E-state index in [1.165, 1.54) is 0 Å². The molecule has 0 radical (unpaired) electrons. The first-order valence-electron chi connectivity index (χ1n) is 11.6. The SMILES string of the molecule is C=C(NCCN(C)C)c1ccc(-c2nc3c(C(F)(F)F)cc(N)c(C=N)c3c3c2CC(O)CC3)cn1. The lowest BCUT2D eigenvalue weighted by atomic mass is 9.83. The van der Waals surface area contributed by atoms with Crippen molar-refractivity contribution in [1.29, 1.82) is 5.41 Å².